The Bertz CT molecular complexity index is 695. The quantitative estimate of drug-likeness (QED) is 0.363. The van der Waals surface area contributed by atoms with Crippen molar-refractivity contribution >= 4 is 69.4 Å². The highest BCUT2D eigenvalue weighted by Crippen LogP contribution is 2.30. The number of nitrogens with zero attached hydrogens (tertiary/aromatic N) is 1. The first kappa shape index (κ1) is 17.4. The molecule has 2 aromatic carbocycles. The van der Waals surface area contributed by atoms with Crippen molar-refractivity contribution in [2.24, 2.45) is 4.99 Å². The molecular formula is C16H13Br4N. The van der Waals surface area contributed by atoms with Crippen LogP contribution in [0.25, 0.3) is 0 Å². The normalized spacial score (nSPS) is 13.3. The van der Waals surface area contributed by atoms with Gasteiger partial charge < -0.3 is 0 Å². The van der Waals surface area contributed by atoms with Gasteiger partial charge in [-0.25, -0.2) is 0 Å². The molecule has 0 heterocycles. The van der Waals surface area contributed by atoms with Gasteiger partial charge in [0.2, 0.25) is 0 Å². The summed E-state index contributed by atoms with van der Waals surface area (Å²) in [7, 11) is 0. The summed E-state index contributed by atoms with van der Waals surface area (Å²) in [5.41, 5.74) is 3.29. The van der Waals surface area contributed by atoms with Crippen LogP contribution in [0.4, 0.5) is 0 Å². The second-order valence-electron chi connectivity index (χ2n) is 4.68. The zero-order valence-electron chi connectivity index (χ0n) is 11.5. The lowest BCUT2D eigenvalue weighted by Crippen LogP contribution is -2.01. The van der Waals surface area contributed by atoms with Crippen molar-refractivity contribution in [1.29, 1.82) is 0 Å². The maximum Gasteiger partial charge on any atom is 0.0735 e. The van der Waals surface area contributed by atoms with Gasteiger partial charge in [-0.2, -0.15) is 0 Å². The average molecular weight is 539 g/mol. The van der Waals surface area contributed by atoms with Crippen LogP contribution in [0.2, 0.25) is 0 Å². The van der Waals surface area contributed by atoms with Crippen molar-refractivity contribution in [2.75, 3.05) is 0 Å². The molecule has 0 saturated carbocycles. The van der Waals surface area contributed by atoms with E-state index in [4.69, 9.17) is 4.99 Å². The number of rotatable bonds is 3. The SMILES string of the molecule is CC(=NC(C)c1ccc(Br)cc1Br)c1ccc(Br)cc1Br. The van der Waals surface area contributed by atoms with Gasteiger partial charge in [-0.05, 0) is 43.7 Å². The Morgan fingerprint density at radius 1 is 0.905 bits per heavy atom. The smallest absolute Gasteiger partial charge is 0.0735 e. The van der Waals surface area contributed by atoms with Crippen LogP contribution >= 0.6 is 63.7 Å². The third-order valence-electron chi connectivity index (χ3n) is 3.12. The van der Waals surface area contributed by atoms with Crippen LogP contribution in [0.3, 0.4) is 0 Å². The van der Waals surface area contributed by atoms with Crippen molar-refractivity contribution < 1.29 is 0 Å². The number of hydrogen-bond acceptors (Lipinski definition) is 1. The summed E-state index contributed by atoms with van der Waals surface area (Å²) in [6, 6.07) is 12.4. The Morgan fingerprint density at radius 2 is 1.48 bits per heavy atom. The predicted octanol–water partition coefficient (Wildman–Crippen LogP) is 7.31. The number of halogens is 4. The van der Waals surface area contributed by atoms with Crippen LogP contribution < -0.4 is 0 Å². The molecule has 1 atom stereocenters. The van der Waals surface area contributed by atoms with E-state index in [1.165, 1.54) is 5.56 Å². The monoisotopic (exact) mass is 535 g/mol. The minimum Gasteiger partial charge on any atom is -0.282 e. The Hall–Kier alpha value is 0.0300. The lowest BCUT2D eigenvalue weighted by molar-refractivity contribution is 0.814. The Labute approximate surface area is 158 Å². The van der Waals surface area contributed by atoms with Crippen LogP contribution in [-0.4, -0.2) is 5.71 Å². The van der Waals surface area contributed by atoms with E-state index in [0.29, 0.717) is 0 Å². The van der Waals surface area contributed by atoms with Gasteiger partial charge in [0, 0.05) is 29.2 Å². The van der Waals surface area contributed by atoms with Gasteiger partial charge in [0.15, 0.2) is 0 Å². The molecule has 0 aliphatic carbocycles. The zero-order valence-corrected chi connectivity index (χ0v) is 17.8. The fraction of sp³-hybridized carbons (Fsp3) is 0.188. The molecule has 1 unspecified atom stereocenters. The molecule has 0 radical (unpaired) electrons. The van der Waals surface area contributed by atoms with Crippen LogP contribution in [0, 0.1) is 0 Å². The van der Waals surface area contributed by atoms with Crippen LogP contribution in [-0.2, 0) is 0 Å². The zero-order chi connectivity index (χ0) is 15.6. The highest BCUT2D eigenvalue weighted by atomic mass is 79.9. The summed E-state index contributed by atoms with van der Waals surface area (Å²) in [5.74, 6) is 0. The van der Waals surface area contributed by atoms with Gasteiger partial charge in [-0.15, -0.1) is 0 Å². The maximum absolute atomic E-state index is 4.82. The number of hydrogen-bond donors (Lipinski definition) is 0. The highest BCUT2D eigenvalue weighted by Gasteiger charge is 2.11. The molecule has 0 amide bonds. The Balaban J connectivity index is 2.33. The number of aliphatic imine (C=N–C) groups is 1. The van der Waals surface area contributed by atoms with E-state index in [2.05, 4.69) is 82.8 Å². The summed E-state index contributed by atoms with van der Waals surface area (Å²) >= 11 is 14.1. The molecule has 0 fully saturated rings. The van der Waals surface area contributed by atoms with Crippen molar-refractivity contribution in [1.82, 2.24) is 0 Å². The van der Waals surface area contributed by atoms with E-state index in [9.17, 15) is 0 Å². The predicted molar refractivity (Wildman–Crippen MR) is 104 cm³/mol. The fourth-order valence-electron chi connectivity index (χ4n) is 2.05. The van der Waals surface area contributed by atoms with Crippen LogP contribution in [0.5, 0.6) is 0 Å². The molecule has 0 saturated heterocycles. The van der Waals surface area contributed by atoms with E-state index >= 15 is 0 Å². The van der Waals surface area contributed by atoms with Crippen molar-refractivity contribution in [3.63, 3.8) is 0 Å². The van der Waals surface area contributed by atoms with Crippen molar-refractivity contribution in [2.45, 2.75) is 19.9 Å². The molecule has 0 bridgehead atoms. The molecule has 0 aliphatic heterocycles. The summed E-state index contributed by atoms with van der Waals surface area (Å²) in [6.45, 7) is 4.14. The topological polar surface area (TPSA) is 12.4 Å². The van der Waals surface area contributed by atoms with Crippen molar-refractivity contribution in [3.8, 4) is 0 Å². The second-order valence-corrected chi connectivity index (χ2v) is 8.22. The van der Waals surface area contributed by atoms with Crippen LogP contribution in [0.15, 0.2) is 59.3 Å². The Kier molecular flexibility index (Phi) is 6.24. The lowest BCUT2D eigenvalue weighted by Gasteiger charge is -2.12. The summed E-state index contributed by atoms with van der Waals surface area (Å²) in [5, 5.41) is 0. The molecular weight excluding hydrogens is 526 g/mol. The first-order valence-electron chi connectivity index (χ1n) is 6.33. The minimum absolute atomic E-state index is 0.0861. The van der Waals surface area contributed by atoms with Gasteiger partial charge in [-0.1, -0.05) is 75.9 Å². The average Bonchev–Trinajstić information content (AvgIpc) is 2.37. The molecule has 0 spiro atoms. The first-order chi connectivity index (χ1) is 9.88. The molecule has 2 rings (SSSR count). The molecule has 21 heavy (non-hydrogen) atoms. The molecule has 0 aromatic heterocycles. The molecule has 1 nitrogen and oxygen atoms in total. The summed E-state index contributed by atoms with van der Waals surface area (Å²) in [6.07, 6.45) is 0. The van der Waals surface area contributed by atoms with Gasteiger partial charge in [0.25, 0.3) is 0 Å². The van der Waals surface area contributed by atoms with E-state index in [1.54, 1.807) is 0 Å². The standard InChI is InChI=1S/C16H13Br4N/c1-9(13-5-3-11(17)7-15(13)19)21-10(2)14-6-4-12(18)8-16(14)20/h3-9H,1-2H3. The summed E-state index contributed by atoms with van der Waals surface area (Å²) < 4.78 is 4.22. The highest BCUT2D eigenvalue weighted by molar-refractivity contribution is 9.11. The van der Waals surface area contributed by atoms with Gasteiger partial charge in [-0.3, -0.25) is 4.99 Å². The molecule has 2 aromatic rings. The van der Waals surface area contributed by atoms with Crippen molar-refractivity contribution in [3.05, 3.63) is 65.4 Å². The van der Waals surface area contributed by atoms with Crippen LogP contribution in [0.1, 0.15) is 31.0 Å². The Morgan fingerprint density at radius 3 is 2.05 bits per heavy atom. The van der Waals surface area contributed by atoms with Gasteiger partial charge >= 0.3 is 0 Å². The van der Waals surface area contributed by atoms with Gasteiger partial charge in [0.1, 0.15) is 0 Å². The van der Waals surface area contributed by atoms with E-state index in [-0.39, 0.29) is 6.04 Å². The fourth-order valence-corrected chi connectivity index (χ4v) is 4.77. The largest absolute Gasteiger partial charge is 0.282 e. The molecule has 0 N–H and O–H groups in total. The third kappa shape index (κ3) is 4.50. The van der Waals surface area contributed by atoms with E-state index in [0.717, 1.165) is 29.2 Å². The first-order valence-corrected chi connectivity index (χ1v) is 9.50. The molecule has 0 aliphatic rings. The summed E-state index contributed by atoms with van der Waals surface area (Å²) in [4.78, 5) is 4.82. The third-order valence-corrected chi connectivity index (χ3v) is 5.45. The lowest BCUT2D eigenvalue weighted by atomic mass is 10.1. The number of benzene rings is 2. The van der Waals surface area contributed by atoms with E-state index < -0.39 is 0 Å². The molecule has 5 heteroatoms. The second kappa shape index (κ2) is 7.53. The van der Waals surface area contributed by atoms with Gasteiger partial charge in [0.05, 0.1) is 6.04 Å². The maximum atomic E-state index is 4.82. The molecule has 110 valence electrons. The minimum atomic E-state index is 0.0861. The van der Waals surface area contributed by atoms with E-state index in [1.807, 2.05) is 31.2 Å².